The van der Waals surface area contributed by atoms with Crippen LogP contribution in [0.4, 0.5) is 0 Å². The molecule has 1 aliphatic rings. The van der Waals surface area contributed by atoms with Gasteiger partial charge in [0.1, 0.15) is 0 Å². The molecule has 1 aromatic heterocycles. The summed E-state index contributed by atoms with van der Waals surface area (Å²) in [6.45, 7) is 0.328. The summed E-state index contributed by atoms with van der Waals surface area (Å²) in [7, 11) is 1.67. The van der Waals surface area contributed by atoms with E-state index in [4.69, 9.17) is 16.0 Å². The maximum atomic E-state index is 12.3. The first-order valence-corrected chi connectivity index (χ1v) is 7.05. The number of benzene rings is 1. The Bertz CT molecular complexity index is 648. The van der Waals surface area contributed by atoms with Crippen LogP contribution in [0.1, 0.15) is 23.4 Å². The zero-order valence-electron chi connectivity index (χ0n) is 11.2. The SMILES string of the molecule is CN(CC(O)C1CC1)C(=O)c1cc2cccc(Cl)c2o1. The fourth-order valence-corrected chi connectivity index (χ4v) is 2.54. The molecule has 3 rings (SSSR count). The number of hydrogen-bond acceptors (Lipinski definition) is 3. The van der Waals surface area contributed by atoms with Gasteiger partial charge in [-0.25, -0.2) is 0 Å². The zero-order chi connectivity index (χ0) is 14.3. The Labute approximate surface area is 121 Å². The summed E-state index contributed by atoms with van der Waals surface area (Å²) < 4.78 is 5.53. The monoisotopic (exact) mass is 293 g/mol. The lowest BCUT2D eigenvalue weighted by Gasteiger charge is -2.19. The van der Waals surface area contributed by atoms with Gasteiger partial charge in [-0.3, -0.25) is 4.79 Å². The Kier molecular flexibility index (Phi) is 3.44. The van der Waals surface area contributed by atoms with E-state index in [1.807, 2.05) is 12.1 Å². The predicted octanol–water partition coefficient (Wildman–Crippen LogP) is 2.93. The number of hydrogen-bond donors (Lipinski definition) is 1. The van der Waals surface area contributed by atoms with Gasteiger partial charge in [0.15, 0.2) is 11.3 Å². The second-order valence-electron chi connectivity index (χ2n) is 5.36. The minimum atomic E-state index is -0.447. The Hall–Kier alpha value is -1.52. The minimum absolute atomic E-state index is 0.239. The van der Waals surface area contributed by atoms with Gasteiger partial charge in [-0.15, -0.1) is 0 Å². The van der Waals surface area contributed by atoms with Crippen LogP contribution in [0.5, 0.6) is 0 Å². The average Bonchev–Trinajstić information content (AvgIpc) is 3.18. The van der Waals surface area contributed by atoms with Gasteiger partial charge in [-0.2, -0.15) is 0 Å². The van der Waals surface area contributed by atoms with Crippen LogP contribution < -0.4 is 0 Å². The molecule has 1 unspecified atom stereocenters. The third-order valence-electron chi connectivity index (χ3n) is 3.68. The number of carbonyl (C=O) groups is 1. The standard InChI is InChI=1S/C15H16ClNO3/c1-17(8-12(18)9-5-6-9)15(19)13-7-10-3-2-4-11(16)14(10)20-13/h2-4,7,9,12,18H,5-6,8H2,1H3. The fraction of sp³-hybridized carbons (Fsp3) is 0.400. The molecule has 1 N–H and O–H groups in total. The molecule has 1 aromatic carbocycles. The first-order chi connectivity index (χ1) is 9.56. The van der Waals surface area contributed by atoms with Gasteiger partial charge >= 0.3 is 0 Å². The highest BCUT2D eigenvalue weighted by molar-refractivity contribution is 6.34. The van der Waals surface area contributed by atoms with E-state index in [2.05, 4.69) is 0 Å². The highest BCUT2D eigenvalue weighted by atomic mass is 35.5. The quantitative estimate of drug-likeness (QED) is 0.943. The molecule has 1 saturated carbocycles. The Morgan fingerprint density at radius 2 is 2.30 bits per heavy atom. The maximum absolute atomic E-state index is 12.3. The summed E-state index contributed by atoms with van der Waals surface area (Å²) in [5, 5.41) is 11.2. The first kappa shape index (κ1) is 13.5. The topological polar surface area (TPSA) is 53.7 Å². The summed E-state index contributed by atoms with van der Waals surface area (Å²) in [6, 6.07) is 7.07. The van der Waals surface area contributed by atoms with Crippen molar-refractivity contribution in [2.45, 2.75) is 18.9 Å². The van der Waals surface area contributed by atoms with Gasteiger partial charge in [0.25, 0.3) is 5.91 Å². The molecule has 0 aliphatic heterocycles. The van der Waals surface area contributed by atoms with Crippen molar-refractivity contribution in [3.05, 3.63) is 35.0 Å². The van der Waals surface area contributed by atoms with E-state index >= 15 is 0 Å². The van der Waals surface area contributed by atoms with Crippen LogP contribution in [0.2, 0.25) is 5.02 Å². The second kappa shape index (κ2) is 5.11. The van der Waals surface area contributed by atoms with Gasteiger partial charge in [0.05, 0.1) is 11.1 Å². The Balaban J connectivity index is 1.79. The highest BCUT2D eigenvalue weighted by Gasteiger charge is 2.31. The number of carbonyl (C=O) groups excluding carboxylic acids is 1. The van der Waals surface area contributed by atoms with Crippen molar-refractivity contribution in [1.29, 1.82) is 0 Å². The molecule has 1 fully saturated rings. The molecule has 5 heteroatoms. The van der Waals surface area contributed by atoms with Crippen molar-refractivity contribution >= 4 is 28.5 Å². The first-order valence-electron chi connectivity index (χ1n) is 6.68. The van der Waals surface area contributed by atoms with Crippen LogP contribution in [-0.4, -0.2) is 35.6 Å². The number of rotatable bonds is 4. The summed E-state index contributed by atoms with van der Waals surface area (Å²) in [5.41, 5.74) is 0.522. The van der Waals surface area contributed by atoms with Crippen molar-refractivity contribution in [1.82, 2.24) is 4.90 Å². The van der Waals surface area contributed by atoms with E-state index in [9.17, 15) is 9.90 Å². The average molecular weight is 294 g/mol. The molecule has 2 aromatic rings. The van der Waals surface area contributed by atoms with Crippen molar-refractivity contribution in [2.75, 3.05) is 13.6 Å². The third-order valence-corrected chi connectivity index (χ3v) is 3.98. The summed E-state index contributed by atoms with van der Waals surface area (Å²) in [4.78, 5) is 13.8. The van der Waals surface area contributed by atoms with Crippen LogP contribution in [0.3, 0.4) is 0 Å². The number of aliphatic hydroxyl groups is 1. The summed E-state index contributed by atoms with van der Waals surface area (Å²) in [6.07, 6.45) is 1.64. The molecular weight excluding hydrogens is 278 g/mol. The normalized spacial score (nSPS) is 16.4. The van der Waals surface area contributed by atoms with Crippen LogP contribution in [0, 0.1) is 5.92 Å². The molecule has 1 heterocycles. The summed E-state index contributed by atoms with van der Waals surface area (Å²) in [5.74, 6) is 0.353. The molecule has 0 radical (unpaired) electrons. The van der Waals surface area contributed by atoms with Crippen LogP contribution in [0.15, 0.2) is 28.7 Å². The molecule has 0 saturated heterocycles. The predicted molar refractivity (Wildman–Crippen MR) is 76.9 cm³/mol. The van der Waals surface area contributed by atoms with Gasteiger partial charge < -0.3 is 14.4 Å². The lowest BCUT2D eigenvalue weighted by molar-refractivity contribution is 0.0620. The highest BCUT2D eigenvalue weighted by Crippen LogP contribution is 2.33. The number of likely N-dealkylation sites (N-methyl/N-ethyl adjacent to an activating group) is 1. The number of furan rings is 1. The second-order valence-corrected chi connectivity index (χ2v) is 5.77. The lowest BCUT2D eigenvalue weighted by atomic mass is 10.2. The van der Waals surface area contributed by atoms with E-state index in [-0.39, 0.29) is 11.7 Å². The lowest BCUT2D eigenvalue weighted by Crippen LogP contribution is -2.35. The van der Waals surface area contributed by atoms with E-state index in [0.717, 1.165) is 18.2 Å². The van der Waals surface area contributed by atoms with E-state index in [0.29, 0.717) is 23.1 Å². The zero-order valence-corrected chi connectivity index (χ0v) is 11.9. The largest absolute Gasteiger partial charge is 0.449 e. The van der Waals surface area contributed by atoms with Gasteiger partial charge in [-0.05, 0) is 30.9 Å². The number of para-hydroxylation sites is 1. The summed E-state index contributed by atoms with van der Waals surface area (Å²) >= 11 is 6.03. The fourth-order valence-electron chi connectivity index (χ4n) is 2.31. The van der Waals surface area contributed by atoms with Gasteiger partial charge in [0.2, 0.25) is 0 Å². The maximum Gasteiger partial charge on any atom is 0.289 e. The van der Waals surface area contributed by atoms with Gasteiger partial charge in [-0.1, -0.05) is 23.7 Å². The van der Waals surface area contributed by atoms with E-state index in [1.54, 1.807) is 19.2 Å². The van der Waals surface area contributed by atoms with Crippen LogP contribution >= 0.6 is 11.6 Å². The molecule has 1 aliphatic carbocycles. The Morgan fingerprint density at radius 3 is 2.95 bits per heavy atom. The van der Waals surface area contributed by atoms with E-state index < -0.39 is 6.10 Å². The third kappa shape index (κ3) is 2.53. The Morgan fingerprint density at radius 1 is 1.55 bits per heavy atom. The molecule has 106 valence electrons. The molecule has 4 nitrogen and oxygen atoms in total. The smallest absolute Gasteiger partial charge is 0.289 e. The number of halogens is 1. The van der Waals surface area contributed by atoms with Crippen molar-refractivity contribution in [2.24, 2.45) is 5.92 Å². The number of amides is 1. The number of nitrogens with zero attached hydrogens (tertiary/aromatic N) is 1. The molecule has 0 spiro atoms. The minimum Gasteiger partial charge on any atom is -0.449 e. The molecule has 0 bridgehead atoms. The molecular formula is C15H16ClNO3. The van der Waals surface area contributed by atoms with Gasteiger partial charge in [0, 0.05) is 19.0 Å². The number of aliphatic hydroxyl groups excluding tert-OH is 1. The number of fused-ring (bicyclic) bond motifs is 1. The van der Waals surface area contributed by atoms with Crippen LogP contribution in [-0.2, 0) is 0 Å². The van der Waals surface area contributed by atoms with Crippen molar-refractivity contribution in [3.8, 4) is 0 Å². The van der Waals surface area contributed by atoms with Crippen molar-refractivity contribution in [3.63, 3.8) is 0 Å². The molecule has 1 amide bonds. The van der Waals surface area contributed by atoms with E-state index in [1.165, 1.54) is 4.90 Å². The molecule has 1 atom stereocenters. The van der Waals surface area contributed by atoms with Crippen molar-refractivity contribution < 1.29 is 14.3 Å². The van der Waals surface area contributed by atoms with Crippen LogP contribution in [0.25, 0.3) is 11.0 Å². The molecule has 20 heavy (non-hydrogen) atoms.